The van der Waals surface area contributed by atoms with Gasteiger partial charge in [0.2, 0.25) is 5.91 Å². The molecule has 0 saturated carbocycles. The third kappa shape index (κ3) is 4.38. The number of rotatable bonds is 5. The molecule has 0 spiro atoms. The molecule has 1 heterocycles. The van der Waals surface area contributed by atoms with E-state index < -0.39 is 0 Å². The Hall–Kier alpha value is -2.23. The first-order chi connectivity index (χ1) is 10.5. The highest BCUT2D eigenvalue weighted by atomic mass is 16.1. The van der Waals surface area contributed by atoms with Gasteiger partial charge in [-0.15, -0.1) is 0 Å². The maximum Gasteiger partial charge on any atom is 0.224 e. The van der Waals surface area contributed by atoms with Crippen LogP contribution in [0.4, 0.5) is 0 Å². The second-order valence-corrected chi connectivity index (χ2v) is 5.94. The van der Waals surface area contributed by atoms with Crippen molar-refractivity contribution in [3.05, 3.63) is 59.2 Å². The lowest BCUT2D eigenvalue weighted by atomic mass is 10.0. The predicted molar refractivity (Wildman–Crippen MR) is 87.6 cm³/mol. The van der Waals surface area contributed by atoms with Crippen LogP contribution in [0.2, 0.25) is 0 Å². The van der Waals surface area contributed by atoms with Crippen molar-refractivity contribution in [2.45, 2.75) is 46.1 Å². The van der Waals surface area contributed by atoms with Gasteiger partial charge in [-0.3, -0.25) is 14.8 Å². The molecule has 22 heavy (non-hydrogen) atoms. The second kappa shape index (κ2) is 7.16. The minimum atomic E-state index is -0.143. The van der Waals surface area contributed by atoms with Crippen molar-refractivity contribution < 1.29 is 4.79 Å². The van der Waals surface area contributed by atoms with E-state index in [1.807, 2.05) is 26.0 Å². The van der Waals surface area contributed by atoms with Crippen molar-refractivity contribution >= 4 is 5.91 Å². The van der Waals surface area contributed by atoms with Crippen LogP contribution in [-0.4, -0.2) is 15.9 Å². The monoisotopic (exact) mass is 297 g/mol. The number of aryl methyl sites for hydroxylation is 1. The van der Waals surface area contributed by atoms with E-state index in [-0.39, 0.29) is 11.9 Å². The summed E-state index contributed by atoms with van der Waals surface area (Å²) in [6.07, 6.45) is 3.79. The van der Waals surface area contributed by atoms with Crippen molar-refractivity contribution in [3.8, 4) is 0 Å². The van der Waals surface area contributed by atoms with E-state index in [0.29, 0.717) is 12.3 Å². The van der Waals surface area contributed by atoms with Crippen molar-refractivity contribution in [2.24, 2.45) is 0 Å². The van der Waals surface area contributed by atoms with Gasteiger partial charge in [0.05, 0.1) is 30.0 Å². The average molecular weight is 297 g/mol. The van der Waals surface area contributed by atoms with Gasteiger partial charge in [-0.1, -0.05) is 38.1 Å². The van der Waals surface area contributed by atoms with E-state index in [1.165, 1.54) is 5.56 Å². The van der Waals surface area contributed by atoms with Gasteiger partial charge in [-0.2, -0.15) is 0 Å². The summed E-state index contributed by atoms with van der Waals surface area (Å²) < 4.78 is 0. The van der Waals surface area contributed by atoms with E-state index in [1.54, 1.807) is 12.4 Å². The number of hydrogen-bond donors (Lipinski definition) is 1. The molecule has 1 N–H and O–H groups in total. The van der Waals surface area contributed by atoms with E-state index in [9.17, 15) is 4.79 Å². The molecule has 0 fully saturated rings. The molecule has 4 nitrogen and oxygen atoms in total. The molecular formula is C18H23N3O. The van der Waals surface area contributed by atoms with Gasteiger partial charge in [0.15, 0.2) is 0 Å². The maximum atomic E-state index is 12.1. The normalized spacial score (nSPS) is 12.2. The van der Waals surface area contributed by atoms with Crippen LogP contribution >= 0.6 is 0 Å². The summed E-state index contributed by atoms with van der Waals surface area (Å²) >= 11 is 0. The number of amides is 1. The highest BCUT2D eigenvalue weighted by Crippen LogP contribution is 2.15. The lowest BCUT2D eigenvalue weighted by molar-refractivity contribution is -0.121. The smallest absolute Gasteiger partial charge is 0.224 e. The van der Waals surface area contributed by atoms with Gasteiger partial charge < -0.3 is 5.32 Å². The van der Waals surface area contributed by atoms with E-state index >= 15 is 0 Å². The molecule has 2 rings (SSSR count). The van der Waals surface area contributed by atoms with Gasteiger partial charge in [0, 0.05) is 6.20 Å². The Labute approximate surface area is 132 Å². The molecule has 0 radical (unpaired) electrons. The van der Waals surface area contributed by atoms with E-state index in [0.717, 1.165) is 17.0 Å². The molecular weight excluding hydrogens is 274 g/mol. The third-order valence-corrected chi connectivity index (χ3v) is 3.63. The Bertz CT molecular complexity index is 618. The van der Waals surface area contributed by atoms with Gasteiger partial charge in [0.25, 0.3) is 0 Å². The first-order valence-corrected chi connectivity index (χ1v) is 7.62. The summed E-state index contributed by atoms with van der Waals surface area (Å²) in [6.45, 7) is 8.12. The molecule has 0 aliphatic rings. The molecule has 1 unspecified atom stereocenters. The topological polar surface area (TPSA) is 54.9 Å². The number of aromatic nitrogens is 2. The van der Waals surface area contributed by atoms with Crippen molar-refractivity contribution in [2.75, 3.05) is 0 Å². The van der Waals surface area contributed by atoms with E-state index in [4.69, 9.17) is 0 Å². The molecule has 0 aliphatic heterocycles. The van der Waals surface area contributed by atoms with Crippen LogP contribution in [-0.2, 0) is 11.2 Å². The Morgan fingerprint density at radius 2 is 1.77 bits per heavy atom. The van der Waals surface area contributed by atoms with Gasteiger partial charge in [-0.05, 0) is 30.9 Å². The summed E-state index contributed by atoms with van der Waals surface area (Å²) in [5.41, 5.74) is 3.94. The Balaban J connectivity index is 1.93. The van der Waals surface area contributed by atoms with Crippen molar-refractivity contribution in [1.29, 1.82) is 0 Å². The first-order valence-electron chi connectivity index (χ1n) is 7.62. The molecule has 2 aromatic rings. The quantitative estimate of drug-likeness (QED) is 0.921. The number of nitrogens with one attached hydrogen (secondary N) is 1. The number of carbonyl (C=O) groups excluding carboxylic acids is 1. The van der Waals surface area contributed by atoms with Crippen LogP contribution in [0, 0.1) is 6.92 Å². The first kappa shape index (κ1) is 16.1. The van der Waals surface area contributed by atoms with Gasteiger partial charge >= 0.3 is 0 Å². The summed E-state index contributed by atoms with van der Waals surface area (Å²) in [5.74, 6) is 0.496. The number of nitrogens with zero attached hydrogens (tertiary/aromatic N) is 2. The largest absolute Gasteiger partial charge is 0.348 e. The van der Waals surface area contributed by atoms with Crippen LogP contribution in [0.3, 0.4) is 0 Å². The molecule has 0 aliphatic carbocycles. The fourth-order valence-corrected chi connectivity index (χ4v) is 2.20. The lowest BCUT2D eigenvalue weighted by Gasteiger charge is -2.13. The molecule has 1 aromatic carbocycles. The SMILES string of the molecule is Cc1cnc(C(C)NC(=O)Cc2ccc(C(C)C)cc2)cn1. The fraction of sp³-hybridized carbons (Fsp3) is 0.389. The van der Waals surface area contributed by atoms with Crippen LogP contribution < -0.4 is 5.32 Å². The van der Waals surface area contributed by atoms with E-state index in [2.05, 4.69) is 41.3 Å². The number of hydrogen-bond acceptors (Lipinski definition) is 3. The van der Waals surface area contributed by atoms with Crippen LogP contribution in [0.25, 0.3) is 0 Å². The van der Waals surface area contributed by atoms with Crippen molar-refractivity contribution in [1.82, 2.24) is 15.3 Å². The summed E-state index contributed by atoms with van der Waals surface area (Å²) in [7, 11) is 0. The lowest BCUT2D eigenvalue weighted by Crippen LogP contribution is -2.28. The minimum absolute atomic E-state index is 0.00725. The maximum absolute atomic E-state index is 12.1. The zero-order chi connectivity index (χ0) is 16.1. The molecule has 1 amide bonds. The third-order valence-electron chi connectivity index (χ3n) is 3.63. The average Bonchev–Trinajstić information content (AvgIpc) is 2.48. The summed E-state index contributed by atoms with van der Waals surface area (Å²) in [6, 6.07) is 8.07. The zero-order valence-electron chi connectivity index (χ0n) is 13.6. The molecule has 116 valence electrons. The summed E-state index contributed by atoms with van der Waals surface area (Å²) in [5, 5.41) is 2.96. The van der Waals surface area contributed by atoms with Gasteiger partial charge in [-0.25, -0.2) is 0 Å². The Kier molecular flexibility index (Phi) is 5.26. The predicted octanol–water partition coefficient (Wildman–Crippen LogP) is 3.33. The van der Waals surface area contributed by atoms with Crippen LogP contribution in [0.5, 0.6) is 0 Å². The van der Waals surface area contributed by atoms with Crippen LogP contribution in [0.15, 0.2) is 36.7 Å². The molecule has 1 aromatic heterocycles. The zero-order valence-corrected chi connectivity index (χ0v) is 13.6. The van der Waals surface area contributed by atoms with Crippen LogP contribution in [0.1, 0.15) is 55.2 Å². The number of carbonyl (C=O) groups is 1. The summed E-state index contributed by atoms with van der Waals surface area (Å²) in [4.78, 5) is 20.6. The van der Waals surface area contributed by atoms with Crippen molar-refractivity contribution in [3.63, 3.8) is 0 Å². The highest BCUT2D eigenvalue weighted by molar-refractivity contribution is 5.78. The fourth-order valence-electron chi connectivity index (χ4n) is 2.20. The second-order valence-electron chi connectivity index (χ2n) is 5.94. The standard InChI is InChI=1S/C18H23N3O/c1-12(2)16-7-5-15(6-8-16)9-18(22)21-14(4)17-11-19-13(3)10-20-17/h5-8,10-12,14H,9H2,1-4H3,(H,21,22). The molecule has 0 saturated heterocycles. The highest BCUT2D eigenvalue weighted by Gasteiger charge is 2.11. The molecule has 1 atom stereocenters. The Morgan fingerprint density at radius 1 is 1.09 bits per heavy atom. The minimum Gasteiger partial charge on any atom is -0.348 e. The Morgan fingerprint density at radius 3 is 2.32 bits per heavy atom. The molecule has 4 heteroatoms. The number of benzene rings is 1. The van der Waals surface area contributed by atoms with Gasteiger partial charge in [0.1, 0.15) is 0 Å². The molecule has 0 bridgehead atoms.